The molecule has 2 aromatic rings. The minimum absolute atomic E-state index is 0.166. The Kier molecular flexibility index (Phi) is 6.14. The molecule has 27 heavy (non-hydrogen) atoms. The highest BCUT2D eigenvalue weighted by molar-refractivity contribution is 5.92. The van der Waals surface area contributed by atoms with Crippen LogP contribution in [-0.4, -0.2) is 27.2 Å². The summed E-state index contributed by atoms with van der Waals surface area (Å²) in [7, 11) is 4.26. The van der Waals surface area contributed by atoms with Crippen LogP contribution in [0.2, 0.25) is 0 Å². The van der Waals surface area contributed by atoms with Crippen LogP contribution in [0.1, 0.15) is 11.1 Å². The average Bonchev–Trinajstić information content (AvgIpc) is 2.61. The van der Waals surface area contributed by atoms with Gasteiger partial charge in [0.2, 0.25) is 11.7 Å². The second-order valence-corrected chi connectivity index (χ2v) is 5.45. The number of rotatable bonds is 6. The second-order valence-electron chi connectivity index (χ2n) is 5.45. The Morgan fingerprint density at radius 2 is 1.59 bits per heavy atom. The Morgan fingerprint density at radius 1 is 1.00 bits per heavy atom. The van der Waals surface area contributed by atoms with Crippen molar-refractivity contribution in [3.63, 3.8) is 0 Å². The monoisotopic (exact) mass is 387 g/mol. The van der Waals surface area contributed by atoms with E-state index in [2.05, 4.69) is 5.32 Å². The quantitative estimate of drug-likeness (QED) is 0.760. The van der Waals surface area contributed by atoms with Crippen LogP contribution < -0.4 is 19.5 Å². The summed E-state index contributed by atoms with van der Waals surface area (Å²) in [6.07, 6.45) is -5.03. The lowest BCUT2D eigenvalue weighted by Crippen LogP contribution is -2.16. The molecule has 5 nitrogen and oxygen atoms in total. The van der Waals surface area contributed by atoms with Gasteiger partial charge in [-0.1, -0.05) is 0 Å². The van der Waals surface area contributed by atoms with Crippen molar-refractivity contribution in [2.24, 2.45) is 0 Å². The Hall–Kier alpha value is -2.97. The third kappa shape index (κ3) is 4.81. The van der Waals surface area contributed by atoms with Crippen LogP contribution >= 0.6 is 0 Å². The molecule has 1 N–H and O–H groups in total. The number of ether oxygens (including phenoxy) is 3. The lowest BCUT2D eigenvalue weighted by Gasteiger charge is -2.14. The van der Waals surface area contributed by atoms with E-state index < -0.39 is 23.5 Å². The smallest absolute Gasteiger partial charge is 0.419 e. The van der Waals surface area contributed by atoms with E-state index in [0.29, 0.717) is 34.9 Å². The number of halogens is 4. The fourth-order valence-corrected chi connectivity index (χ4v) is 2.45. The van der Waals surface area contributed by atoms with Crippen molar-refractivity contribution < 1.29 is 36.6 Å². The van der Waals surface area contributed by atoms with E-state index in [1.807, 2.05) is 0 Å². The van der Waals surface area contributed by atoms with Crippen LogP contribution in [0.25, 0.3) is 0 Å². The lowest BCUT2D eigenvalue weighted by molar-refractivity contribution is -0.140. The highest BCUT2D eigenvalue weighted by Gasteiger charge is 2.34. The molecule has 0 fully saturated rings. The molecule has 0 spiro atoms. The summed E-state index contributed by atoms with van der Waals surface area (Å²) in [4.78, 5) is 12.2. The van der Waals surface area contributed by atoms with Gasteiger partial charge < -0.3 is 19.5 Å². The maximum Gasteiger partial charge on any atom is 0.419 e. The number of carbonyl (C=O) groups is 1. The molecule has 0 saturated carbocycles. The minimum Gasteiger partial charge on any atom is -0.493 e. The predicted molar refractivity (Wildman–Crippen MR) is 89.8 cm³/mol. The van der Waals surface area contributed by atoms with E-state index in [0.717, 1.165) is 6.07 Å². The van der Waals surface area contributed by atoms with Gasteiger partial charge in [0.25, 0.3) is 0 Å². The average molecular weight is 387 g/mol. The van der Waals surface area contributed by atoms with E-state index in [1.165, 1.54) is 21.3 Å². The summed E-state index contributed by atoms with van der Waals surface area (Å²) in [6, 6.07) is 5.34. The van der Waals surface area contributed by atoms with Gasteiger partial charge in [-0.2, -0.15) is 13.2 Å². The number of alkyl halides is 3. The van der Waals surface area contributed by atoms with Crippen molar-refractivity contribution in [3.05, 3.63) is 47.3 Å². The van der Waals surface area contributed by atoms with Crippen LogP contribution in [-0.2, 0) is 17.4 Å². The topological polar surface area (TPSA) is 56.8 Å². The molecule has 0 heterocycles. The molecule has 0 aliphatic heterocycles. The number of carbonyl (C=O) groups excluding carboxylic acids is 1. The molecule has 0 unspecified atom stereocenters. The van der Waals surface area contributed by atoms with Crippen LogP contribution in [0.5, 0.6) is 17.2 Å². The molecule has 0 atom stereocenters. The lowest BCUT2D eigenvalue weighted by atomic mass is 10.1. The van der Waals surface area contributed by atoms with Crippen molar-refractivity contribution >= 4 is 11.6 Å². The van der Waals surface area contributed by atoms with Crippen LogP contribution in [0, 0.1) is 5.82 Å². The minimum atomic E-state index is -4.86. The van der Waals surface area contributed by atoms with Gasteiger partial charge in [0, 0.05) is 5.69 Å². The normalized spacial score (nSPS) is 11.1. The van der Waals surface area contributed by atoms with E-state index in [-0.39, 0.29) is 12.1 Å². The van der Waals surface area contributed by atoms with Crippen LogP contribution in [0.4, 0.5) is 23.2 Å². The van der Waals surface area contributed by atoms with Crippen LogP contribution in [0.3, 0.4) is 0 Å². The highest BCUT2D eigenvalue weighted by Crippen LogP contribution is 2.38. The van der Waals surface area contributed by atoms with Crippen molar-refractivity contribution in [2.75, 3.05) is 26.6 Å². The largest absolute Gasteiger partial charge is 0.493 e. The summed E-state index contributed by atoms with van der Waals surface area (Å²) in [5, 5.41) is 2.32. The summed E-state index contributed by atoms with van der Waals surface area (Å²) >= 11 is 0. The Morgan fingerprint density at radius 3 is 2.07 bits per heavy atom. The molecule has 0 aliphatic carbocycles. The number of hydrogen-bond acceptors (Lipinski definition) is 4. The summed E-state index contributed by atoms with van der Waals surface area (Å²) < 4.78 is 67.1. The van der Waals surface area contributed by atoms with Gasteiger partial charge in [0.05, 0.1) is 33.3 Å². The molecule has 146 valence electrons. The van der Waals surface area contributed by atoms with E-state index in [1.54, 1.807) is 12.1 Å². The third-order valence-electron chi connectivity index (χ3n) is 3.64. The maximum atomic E-state index is 13.3. The number of hydrogen-bond donors (Lipinski definition) is 1. The van der Waals surface area contributed by atoms with Crippen molar-refractivity contribution in [1.82, 2.24) is 0 Å². The highest BCUT2D eigenvalue weighted by atomic mass is 19.4. The first-order valence-electron chi connectivity index (χ1n) is 7.65. The second kappa shape index (κ2) is 8.15. The van der Waals surface area contributed by atoms with Crippen molar-refractivity contribution in [3.8, 4) is 17.2 Å². The first kappa shape index (κ1) is 20.3. The molecule has 0 radical (unpaired) electrons. The molecule has 1 amide bonds. The van der Waals surface area contributed by atoms with Crippen LogP contribution in [0.15, 0.2) is 30.3 Å². The molecule has 0 bridgehead atoms. The summed E-state index contributed by atoms with van der Waals surface area (Å²) in [6.45, 7) is 0. The Labute approximate surface area is 152 Å². The maximum absolute atomic E-state index is 13.3. The van der Waals surface area contributed by atoms with Gasteiger partial charge in [-0.25, -0.2) is 4.39 Å². The predicted octanol–water partition coefficient (Wildman–Crippen LogP) is 4.05. The Bertz CT molecular complexity index is 812. The first-order chi connectivity index (χ1) is 12.7. The molecule has 2 aromatic carbocycles. The number of methoxy groups -OCH3 is 3. The number of nitrogens with one attached hydrogen (secondary N) is 1. The van der Waals surface area contributed by atoms with Crippen molar-refractivity contribution in [1.29, 1.82) is 0 Å². The number of amides is 1. The summed E-state index contributed by atoms with van der Waals surface area (Å²) in [5.74, 6) is -0.992. The van der Waals surface area contributed by atoms with Gasteiger partial charge >= 0.3 is 6.18 Å². The number of benzene rings is 2. The standard InChI is InChI=1S/C18H17F4NO4/c1-25-14-6-10(7-15(26-2)17(14)27-3)8-16(24)23-11-4-5-13(19)12(9-11)18(20,21)22/h4-7,9H,8H2,1-3H3,(H,23,24). The Balaban J connectivity index is 2.21. The van der Waals surface area contributed by atoms with Gasteiger partial charge in [-0.3, -0.25) is 4.79 Å². The van der Waals surface area contributed by atoms with Gasteiger partial charge in [0.1, 0.15) is 5.82 Å². The molecule has 0 aromatic heterocycles. The molecular weight excluding hydrogens is 370 g/mol. The fraction of sp³-hybridized carbons (Fsp3) is 0.278. The molecule has 2 rings (SSSR count). The zero-order valence-electron chi connectivity index (χ0n) is 14.7. The third-order valence-corrected chi connectivity index (χ3v) is 3.64. The number of anilines is 1. The van der Waals surface area contributed by atoms with E-state index in [9.17, 15) is 22.4 Å². The van der Waals surface area contributed by atoms with Gasteiger partial charge in [-0.05, 0) is 35.9 Å². The van der Waals surface area contributed by atoms with E-state index >= 15 is 0 Å². The zero-order valence-corrected chi connectivity index (χ0v) is 14.7. The SMILES string of the molecule is COc1cc(CC(=O)Nc2ccc(F)c(C(F)(F)F)c2)cc(OC)c1OC. The molecule has 0 saturated heterocycles. The summed E-state index contributed by atoms with van der Waals surface area (Å²) in [5.41, 5.74) is -1.13. The zero-order chi connectivity index (χ0) is 20.2. The van der Waals surface area contributed by atoms with Gasteiger partial charge in [0.15, 0.2) is 11.5 Å². The van der Waals surface area contributed by atoms with Gasteiger partial charge in [-0.15, -0.1) is 0 Å². The van der Waals surface area contributed by atoms with E-state index in [4.69, 9.17) is 14.2 Å². The molecule has 9 heteroatoms. The fourth-order valence-electron chi connectivity index (χ4n) is 2.45. The molecular formula is C18H17F4NO4. The first-order valence-corrected chi connectivity index (χ1v) is 7.65. The molecule has 0 aliphatic rings. The van der Waals surface area contributed by atoms with Crippen molar-refractivity contribution in [2.45, 2.75) is 12.6 Å².